The van der Waals surface area contributed by atoms with Crippen molar-refractivity contribution in [3.8, 4) is 0 Å². The van der Waals surface area contributed by atoms with Gasteiger partial charge in [0.2, 0.25) is 0 Å². The topological polar surface area (TPSA) is 78.4 Å². The largest absolute Gasteiger partial charge is 0.390 e. The van der Waals surface area contributed by atoms with Crippen molar-refractivity contribution in [3.63, 3.8) is 0 Å². The molecule has 0 aliphatic rings. The SMILES string of the molecule is CC(=O)C(C)(C)NCC(O)CNC(C)(C)C(C)=O. The average Bonchev–Trinajstić information content (AvgIpc) is 2.23. The fourth-order valence-corrected chi connectivity index (χ4v) is 1.07. The quantitative estimate of drug-likeness (QED) is 0.582. The lowest BCUT2D eigenvalue weighted by molar-refractivity contribution is -0.122. The van der Waals surface area contributed by atoms with Gasteiger partial charge in [-0.3, -0.25) is 9.59 Å². The van der Waals surface area contributed by atoms with Crippen LogP contribution in [0.15, 0.2) is 0 Å². The Labute approximate surface area is 109 Å². The van der Waals surface area contributed by atoms with Crippen molar-refractivity contribution in [2.24, 2.45) is 0 Å². The van der Waals surface area contributed by atoms with Crippen LogP contribution in [0.5, 0.6) is 0 Å². The Hall–Kier alpha value is -0.780. The molecule has 0 aromatic carbocycles. The van der Waals surface area contributed by atoms with Gasteiger partial charge in [-0.2, -0.15) is 0 Å². The van der Waals surface area contributed by atoms with Gasteiger partial charge >= 0.3 is 0 Å². The highest BCUT2D eigenvalue weighted by Gasteiger charge is 2.26. The van der Waals surface area contributed by atoms with Crippen molar-refractivity contribution < 1.29 is 14.7 Å². The molecule has 0 fully saturated rings. The smallest absolute Gasteiger partial charge is 0.149 e. The van der Waals surface area contributed by atoms with Crippen LogP contribution in [0.4, 0.5) is 0 Å². The molecule has 5 heteroatoms. The van der Waals surface area contributed by atoms with Crippen LogP contribution in [0.2, 0.25) is 0 Å². The van der Waals surface area contributed by atoms with E-state index in [9.17, 15) is 14.7 Å². The van der Waals surface area contributed by atoms with Crippen molar-refractivity contribution in [1.82, 2.24) is 10.6 Å². The molecular weight excluding hydrogens is 232 g/mol. The van der Waals surface area contributed by atoms with Crippen LogP contribution in [0, 0.1) is 0 Å². The molecule has 0 aliphatic heterocycles. The first-order chi connectivity index (χ1) is 7.99. The molecule has 0 atom stereocenters. The Kier molecular flexibility index (Phi) is 6.13. The van der Waals surface area contributed by atoms with E-state index in [4.69, 9.17) is 0 Å². The van der Waals surface area contributed by atoms with Gasteiger partial charge in [0, 0.05) is 13.1 Å². The number of nitrogens with one attached hydrogen (secondary N) is 2. The summed E-state index contributed by atoms with van der Waals surface area (Å²) < 4.78 is 0. The van der Waals surface area contributed by atoms with Gasteiger partial charge in [-0.15, -0.1) is 0 Å². The highest BCUT2D eigenvalue weighted by Crippen LogP contribution is 2.05. The second-order valence-corrected chi connectivity index (χ2v) is 5.78. The molecule has 0 spiro atoms. The number of carbonyl (C=O) groups is 2. The van der Waals surface area contributed by atoms with E-state index in [1.54, 1.807) is 27.7 Å². The molecule has 0 aromatic heterocycles. The highest BCUT2D eigenvalue weighted by molar-refractivity contribution is 5.85. The van der Waals surface area contributed by atoms with Crippen LogP contribution in [0.25, 0.3) is 0 Å². The third-order valence-corrected chi connectivity index (χ3v) is 3.32. The molecule has 0 rings (SSSR count). The van der Waals surface area contributed by atoms with E-state index in [2.05, 4.69) is 10.6 Å². The van der Waals surface area contributed by atoms with Crippen LogP contribution in [-0.4, -0.2) is 46.9 Å². The Morgan fingerprint density at radius 3 is 1.44 bits per heavy atom. The molecule has 0 aliphatic carbocycles. The number of Topliss-reactive ketones (excluding diaryl/α,β-unsaturated/α-hetero) is 2. The van der Waals surface area contributed by atoms with Gasteiger partial charge < -0.3 is 15.7 Å². The molecule has 5 nitrogen and oxygen atoms in total. The molecule has 0 amide bonds. The molecule has 0 bridgehead atoms. The lowest BCUT2D eigenvalue weighted by Gasteiger charge is -2.27. The summed E-state index contributed by atoms with van der Waals surface area (Å²) in [5.74, 6) is 0.0402. The standard InChI is InChI=1S/C13H26N2O3/c1-9(16)12(3,4)14-7-11(18)8-15-13(5,6)10(2)17/h11,14-15,18H,7-8H2,1-6H3. The van der Waals surface area contributed by atoms with E-state index >= 15 is 0 Å². The lowest BCUT2D eigenvalue weighted by Crippen LogP contribution is -2.53. The van der Waals surface area contributed by atoms with Gasteiger partial charge in [-0.25, -0.2) is 0 Å². The molecule has 0 aromatic rings. The van der Waals surface area contributed by atoms with E-state index in [0.29, 0.717) is 13.1 Å². The van der Waals surface area contributed by atoms with Gasteiger partial charge in [0.1, 0.15) is 11.6 Å². The second-order valence-electron chi connectivity index (χ2n) is 5.78. The van der Waals surface area contributed by atoms with Crippen LogP contribution in [0.1, 0.15) is 41.5 Å². The molecule has 3 N–H and O–H groups in total. The van der Waals surface area contributed by atoms with E-state index in [1.807, 2.05) is 0 Å². The molecule has 18 heavy (non-hydrogen) atoms. The van der Waals surface area contributed by atoms with Crippen LogP contribution in [0.3, 0.4) is 0 Å². The minimum Gasteiger partial charge on any atom is -0.390 e. The van der Waals surface area contributed by atoms with E-state index in [-0.39, 0.29) is 11.6 Å². The minimum absolute atomic E-state index is 0.0201. The maximum Gasteiger partial charge on any atom is 0.149 e. The molecule has 0 unspecified atom stereocenters. The summed E-state index contributed by atoms with van der Waals surface area (Å²) in [6.45, 7) is 10.7. The van der Waals surface area contributed by atoms with Crippen molar-refractivity contribution in [2.45, 2.75) is 58.7 Å². The number of aliphatic hydroxyl groups is 1. The minimum atomic E-state index is -0.651. The van der Waals surface area contributed by atoms with Gasteiger partial charge in [-0.1, -0.05) is 0 Å². The second kappa shape index (κ2) is 6.41. The molecule has 0 saturated heterocycles. The van der Waals surface area contributed by atoms with Crippen molar-refractivity contribution in [3.05, 3.63) is 0 Å². The predicted octanol–water partition coefficient (Wildman–Crippen LogP) is 0.262. The predicted molar refractivity (Wildman–Crippen MR) is 71.5 cm³/mol. The molecule has 0 radical (unpaired) electrons. The fourth-order valence-electron chi connectivity index (χ4n) is 1.07. The van der Waals surface area contributed by atoms with Gasteiger partial charge in [-0.05, 0) is 41.5 Å². The first-order valence-electron chi connectivity index (χ1n) is 6.19. The number of rotatable bonds is 8. The highest BCUT2D eigenvalue weighted by atomic mass is 16.3. The molecule has 106 valence electrons. The first kappa shape index (κ1) is 17.2. The Balaban J connectivity index is 4.11. The monoisotopic (exact) mass is 258 g/mol. The Bertz CT molecular complexity index is 281. The maximum absolute atomic E-state index is 11.3. The maximum atomic E-state index is 11.3. The third-order valence-electron chi connectivity index (χ3n) is 3.32. The van der Waals surface area contributed by atoms with E-state index in [1.165, 1.54) is 13.8 Å². The Morgan fingerprint density at radius 1 is 0.944 bits per heavy atom. The normalized spacial score (nSPS) is 12.9. The lowest BCUT2D eigenvalue weighted by atomic mass is 9.99. The van der Waals surface area contributed by atoms with Crippen LogP contribution in [-0.2, 0) is 9.59 Å². The number of carbonyl (C=O) groups excluding carboxylic acids is 2. The van der Waals surface area contributed by atoms with E-state index < -0.39 is 17.2 Å². The molecule has 0 heterocycles. The number of hydrogen-bond acceptors (Lipinski definition) is 5. The summed E-state index contributed by atoms with van der Waals surface area (Å²) in [6, 6.07) is 0. The average molecular weight is 258 g/mol. The molecular formula is C13H26N2O3. The molecule has 0 saturated carbocycles. The zero-order valence-corrected chi connectivity index (χ0v) is 12.3. The number of ketones is 2. The summed E-state index contributed by atoms with van der Waals surface area (Å²) in [5.41, 5.74) is -1.28. The van der Waals surface area contributed by atoms with Gasteiger partial charge in [0.15, 0.2) is 0 Å². The Morgan fingerprint density at radius 2 is 1.22 bits per heavy atom. The van der Waals surface area contributed by atoms with E-state index in [0.717, 1.165) is 0 Å². The summed E-state index contributed by atoms with van der Waals surface area (Å²) in [7, 11) is 0. The summed E-state index contributed by atoms with van der Waals surface area (Å²) in [6.07, 6.45) is -0.651. The number of hydrogen-bond donors (Lipinski definition) is 3. The first-order valence-corrected chi connectivity index (χ1v) is 6.19. The van der Waals surface area contributed by atoms with Crippen molar-refractivity contribution in [1.29, 1.82) is 0 Å². The van der Waals surface area contributed by atoms with Crippen molar-refractivity contribution >= 4 is 11.6 Å². The van der Waals surface area contributed by atoms with Crippen LogP contribution >= 0.6 is 0 Å². The van der Waals surface area contributed by atoms with Gasteiger partial charge in [0.25, 0.3) is 0 Å². The third kappa shape index (κ3) is 5.71. The number of β-amino-alcohol motifs (C(OH)–C–C–N with tert-alkyl or cyclic N) is 1. The fraction of sp³-hybridized carbons (Fsp3) is 0.846. The summed E-state index contributed by atoms with van der Waals surface area (Å²) in [5, 5.41) is 15.8. The zero-order chi connectivity index (χ0) is 14.6. The number of aliphatic hydroxyl groups excluding tert-OH is 1. The zero-order valence-electron chi connectivity index (χ0n) is 12.3. The summed E-state index contributed by atoms with van der Waals surface area (Å²) >= 11 is 0. The van der Waals surface area contributed by atoms with Crippen LogP contribution < -0.4 is 10.6 Å². The van der Waals surface area contributed by atoms with Crippen molar-refractivity contribution in [2.75, 3.05) is 13.1 Å². The summed E-state index contributed by atoms with van der Waals surface area (Å²) in [4.78, 5) is 22.6. The van der Waals surface area contributed by atoms with Gasteiger partial charge in [0.05, 0.1) is 17.2 Å².